The Morgan fingerprint density at radius 3 is 1.28 bits per heavy atom. The monoisotopic (exact) mass is 718 g/mol. The second-order valence-corrected chi connectivity index (χ2v) is 17.5. The van der Waals surface area contributed by atoms with Gasteiger partial charge in [0.25, 0.3) is 0 Å². The first-order valence-electron chi connectivity index (χ1n) is 17.1. The van der Waals surface area contributed by atoms with Gasteiger partial charge in [0.05, 0.1) is 33.6 Å². The Kier molecular flexibility index (Phi) is 9.88. The van der Waals surface area contributed by atoms with E-state index in [1.54, 1.807) is 60.9 Å². The highest BCUT2D eigenvalue weighted by Gasteiger charge is 2.34. The molecule has 12 nitrogen and oxygen atoms in total. The minimum Gasteiger partial charge on any atom is -0.486 e. The Hall–Kier alpha value is -3.98. The molecule has 6 heterocycles. The van der Waals surface area contributed by atoms with Crippen LogP contribution in [0.3, 0.4) is 0 Å². The highest BCUT2D eigenvalue weighted by Crippen LogP contribution is 2.35. The lowest BCUT2D eigenvalue weighted by atomic mass is 9.90. The maximum absolute atomic E-state index is 11.6. The Bertz CT molecular complexity index is 1900. The van der Waals surface area contributed by atoms with Crippen molar-refractivity contribution in [3.63, 3.8) is 0 Å². The van der Waals surface area contributed by atoms with E-state index in [1.807, 2.05) is 0 Å². The van der Waals surface area contributed by atoms with Gasteiger partial charge in [-0.15, -0.1) is 0 Å². The lowest BCUT2D eigenvalue weighted by Crippen LogP contribution is -2.36. The molecular weight excluding hydrogens is 677 g/mol. The van der Waals surface area contributed by atoms with Gasteiger partial charge in [0, 0.05) is 36.5 Å². The van der Waals surface area contributed by atoms with Crippen LogP contribution in [0.2, 0.25) is 0 Å². The number of hydrogen-bond donors (Lipinski definition) is 2. The van der Waals surface area contributed by atoms with Gasteiger partial charge in [-0.1, -0.05) is 0 Å². The van der Waals surface area contributed by atoms with Gasteiger partial charge in [-0.05, 0) is 112 Å². The lowest BCUT2D eigenvalue weighted by molar-refractivity contribution is 0.133. The van der Waals surface area contributed by atoms with Gasteiger partial charge in [-0.3, -0.25) is 0 Å². The number of hydrogen-bond acceptors (Lipinski definition) is 12. The first-order chi connectivity index (χ1) is 24.0. The molecule has 0 saturated carbocycles. The van der Waals surface area contributed by atoms with E-state index in [2.05, 4.69) is 30.6 Å². The third kappa shape index (κ3) is 7.83. The van der Waals surface area contributed by atoms with Crippen LogP contribution in [-0.2, 0) is 32.5 Å². The van der Waals surface area contributed by atoms with Crippen LogP contribution in [0.4, 0.5) is 0 Å². The van der Waals surface area contributed by atoms with Gasteiger partial charge in [0.15, 0.2) is 42.8 Å². The van der Waals surface area contributed by atoms with Crippen molar-refractivity contribution < 1.29 is 26.3 Å². The molecule has 4 aromatic rings. The van der Waals surface area contributed by atoms with E-state index in [0.29, 0.717) is 33.3 Å². The lowest BCUT2D eigenvalue weighted by Gasteiger charge is -2.27. The molecule has 2 atom stereocenters. The number of benzene rings is 2. The van der Waals surface area contributed by atoms with Crippen LogP contribution >= 0.6 is 0 Å². The van der Waals surface area contributed by atoms with E-state index in [9.17, 15) is 16.8 Å². The number of nitrogens with one attached hydrogen (secondary N) is 2. The van der Waals surface area contributed by atoms with E-state index in [4.69, 9.17) is 9.47 Å². The highest BCUT2D eigenvalue weighted by atomic mass is 32.2. The van der Waals surface area contributed by atoms with Crippen molar-refractivity contribution in [2.75, 3.05) is 38.7 Å². The topological polar surface area (TPSA) is 162 Å². The summed E-state index contributed by atoms with van der Waals surface area (Å²) in [5.74, 6) is 3.89. The second kappa shape index (κ2) is 14.3. The molecule has 50 heavy (non-hydrogen) atoms. The summed E-state index contributed by atoms with van der Waals surface area (Å²) in [6, 6.07) is 13.4. The maximum Gasteiger partial charge on any atom is 0.175 e. The normalized spacial score (nSPS) is 20.9. The number of aromatic nitrogens is 4. The standard InChI is InChI=1S/2C18H21N3O3S/c2*1-25(22,23)14-4-2-13(3-5-14)18-20-11-17-15(21-18)10-16(24-17)12-6-8-19-9-7-12/h2*2-5,11-12,16,19H,6-10H2,1H3/t2*16-/m10/s1. The summed E-state index contributed by atoms with van der Waals surface area (Å²) in [5.41, 5.74) is 3.50. The molecule has 8 rings (SSSR count). The molecule has 264 valence electrons. The molecule has 4 aliphatic heterocycles. The average molecular weight is 719 g/mol. The summed E-state index contributed by atoms with van der Waals surface area (Å²) in [7, 11) is -6.39. The van der Waals surface area contributed by atoms with Crippen LogP contribution in [0.1, 0.15) is 37.1 Å². The molecule has 2 aromatic carbocycles. The first-order valence-corrected chi connectivity index (χ1v) is 20.9. The fraction of sp³-hybridized carbons (Fsp3) is 0.444. The van der Waals surface area contributed by atoms with Crippen molar-refractivity contribution in [2.45, 2.75) is 60.5 Å². The first kappa shape index (κ1) is 34.5. The molecule has 0 amide bonds. The van der Waals surface area contributed by atoms with Crippen molar-refractivity contribution in [3.8, 4) is 34.3 Å². The SMILES string of the molecule is CS(=O)(=O)c1ccc(-c2ncc3c(n2)C[C@@H](C2CCNCC2)O3)cc1.CS(=O)(=O)c1ccc(-c2ncc3c(n2)C[C@H](C2CCNCC2)O3)cc1. The van der Waals surface area contributed by atoms with Crippen LogP contribution in [0, 0.1) is 11.8 Å². The molecule has 0 radical (unpaired) electrons. The van der Waals surface area contributed by atoms with E-state index < -0.39 is 19.7 Å². The van der Waals surface area contributed by atoms with E-state index in [0.717, 1.165) is 98.7 Å². The van der Waals surface area contributed by atoms with Crippen molar-refractivity contribution in [2.24, 2.45) is 11.8 Å². The van der Waals surface area contributed by atoms with Crippen LogP contribution in [0.5, 0.6) is 11.5 Å². The maximum atomic E-state index is 11.6. The summed E-state index contributed by atoms with van der Waals surface area (Å²) in [5, 5.41) is 6.76. The zero-order valence-corrected chi connectivity index (χ0v) is 29.8. The van der Waals surface area contributed by atoms with Gasteiger partial charge < -0.3 is 20.1 Å². The predicted molar refractivity (Wildman–Crippen MR) is 189 cm³/mol. The highest BCUT2D eigenvalue weighted by molar-refractivity contribution is 7.91. The molecule has 2 fully saturated rings. The Morgan fingerprint density at radius 2 is 0.940 bits per heavy atom. The third-order valence-corrected chi connectivity index (χ3v) is 12.2. The van der Waals surface area contributed by atoms with Gasteiger partial charge >= 0.3 is 0 Å². The Labute approximate surface area is 293 Å². The summed E-state index contributed by atoms with van der Waals surface area (Å²) in [4.78, 5) is 18.7. The molecule has 2 N–H and O–H groups in total. The van der Waals surface area contributed by atoms with Crippen molar-refractivity contribution >= 4 is 19.7 Å². The second-order valence-electron chi connectivity index (χ2n) is 13.5. The van der Waals surface area contributed by atoms with Crippen LogP contribution in [0.25, 0.3) is 22.8 Å². The van der Waals surface area contributed by atoms with Crippen LogP contribution < -0.4 is 20.1 Å². The molecule has 2 saturated heterocycles. The zero-order valence-electron chi connectivity index (χ0n) is 28.2. The molecular formula is C36H42N6O6S2. The van der Waals surface area contributed by atoms with E-state index >= 15 is 0 Å². The molecule has 0 bridgehead atoms. The van der Waals surface area contributed by atoms with Gasteiger partial charge in [-0.25, -0.2) is 36.8 Å². The van der Waals surface area contributed by atoms with Crippen LogP contribution in [-0.4, -0.2) is 87.7 Å². The summed E-state index contributed by atoms with van der Waals surface area (Å²) in [6.07, 6.45) is 12.4. The summed E-state index contributed by atoms with van der Waals surface area (Å²) >= 11 is 0. The number of sulfone groups is 2. The van der Waals surface area contributed by atoms with Crippen LogP contribution in [0.15, 0.2) is 70.7 Å². The Balaban J connectivity index is 0.000000157. The largest absolute Gasteiger partial charge is 0.486 e. The smallest absolute Gasteiger partial charge is 0.175 e. The minimum absolute atomic E-state index is 0.189. The van der Waals surface area contributed by atoms with Crippen molar-refractivity contribution in [3.05, 3.63) is 72.3 Å². The van der Waals surface area contributed by atoms with Gasteiger partial charge in [0.2, 0.25) is 0 Å². The average Bonchev–Trinajstić information content (AvgIpc) is 3.76. The quantitative estimate of drug-likeness (QED) is 0.298. The molecule has 14 heteroatoms. The molecule has 2 aromatic heterocycles. The zero-order chi connectivity index (χ0) is 34.9. The van der Waals surface area contributed by atoms with Crippen molar-refractivity contribution in [1.29, 1.82) is 0 Å². The predicted octanol–water partition coefficient (Wildman–Crippen LogP) is 3.70. The van der Waals surface area contributed by atoms with Crippen molar-refractivity contribution in [1.82, 2.24) is 30.6 Å². The molecule has 0 unspecified atom stereocenters. The number of piperidine rings is 2. The number of nitrogens with zero attached hydrogens (tertiary/aromatic N) is 4. The third-order valence-electron chi connectivity index (χ3n) is 9.91. The number of rotatable bonds is 6. The van der Waals surface area contributed by atoms with Gasteiger partial charge in [-0.2, -0.15) is 0 Å². The Morgan fingerprint density at radius 1 is 0.580 bits per heavy atom. The minimum atomic E-state index is -3.20. The molecule has 0 aliphatic carbocycles. The molecule has 4 aliphatic rings. The fourth-order valence-electron chi connectivity index (χ4n) is 7.03. The van der Waals surface area contributed by atoms with E-state index in [1.165, 1.54) is 12.5 Å². The number of ether oxygens (including phenoxy) is 2. The fourth-order valence-corrected chi connectivity index (χ4v) is 8.29. The number of fused-ring (bicyclic) bond motifs is 2. The summed E-state index contributed by atoms with van der Waals surface area (Å²) < 4.78 is 58.4. The molecule has 0 spiro atoms. The van der Waals surface area contributed by atoms with Gasteiger partial charge in [0.1, 0.15) is 12.2 Å². The summed E-state index contributed by atoms with van der Waals surface area (Å²) in [6.45, 7) is 4.18. The van der Waals surface area contributed by atoms with E-state index in [-0.39, 0.29) is 12.2 Å².